The van der Waals surface area contributed by atoms with E-state index in [1.807, 2.05) is 59.4 Å². The van der Waals surface area contributed by atoms with E-state index in [2.05, 4.69) is 34.7 Å². The van der Waals surface area contributed by atoms with Crippen LogP contribution >= 0.6 is 11.6 Å². The van der Waals surface area contributed by atoms with Crippen LogP contribution in [0.1, 0.15) is 21.5 Å². The molecule has 1 heterocycles. The fourth-order valence-electron chi connectivity index (χ4n) is 3.84. The number of carbonyl (C=O) groups is 1. The van der Waals surface area contributed by atoms with Crippen molar-refractivity contribution in [3.05, 3.63) is 125 Å². The Balaban J connectivity index is 1.24. The molecule has 168 valence electrons. The zero-order chi connectivity index (χ0) is 23.3. The summed E-state index contributed by atoms with van der Waals surface area (Å²) >= 11 is 6.00. The van der Waals surface area contributed by atoms with Crippen molar-refractivity contribution < 1.29 is 9.53 Å². The van der Waals surface area contributed by atoms with Crippen molar-refractivity contribution in [2.45, 2.75) is 13.2 Å². The molecule has 5 rings (SSSR count). The van der Waals surface area contributed by atoms with Crippen LogP contribution in [0.4, 0.5) is 5.82 Å². The lowest BCUT2D eigenvalue weighted by Gasteiger charge is -2.08. The summed E-state index contributed by atoms with van der Waals surface area (Å²) in [6, 6.07) is 30.9. The van der Waals surface area contributed by atoms with E-state index in [0.717, 1.165) is 5.56 Å². The van der Waals surface area contributed by atoms with Gasteiger partial charge in [0.25, 0.3) is 5.91 Å². The minimum atomic E-state index is -0.222. The normalized spacial score (nSPS) is 10.9. The quantitative estimate of drug-likeness (QED) is 0.294. The molecular weight excluding hydrogens is 446 g/mol. The molecule has 0 bridgehead atoms. The standard InChI is InChI=1S/C28H22ClN3O2/c29-24-11-5-12-25(17-24)34-19-20-6-3-9-22(16-20)28(33)30-27-14-15-32(31-27)18-23-10-4-8-21-7-1-2-13-26(21)23/h1-17H,18-19H2,(H,30,31,33). The summed E-state index contributed by atoms with van der Waals surface area (Å²) < 4.78 is 7.61. The van der Waals surface area contributed by atoms with Crippen LogP contribution in [0.25, 0.3) is 10.8 Å². The van der Waals surface area contributed by atoms with Crippen molar-refractivity contribution in [2.75, 3.05) is 5.32 Å². The highest BCUT2D eigenvalue weighted by Crippen LogP contribution is 2.21. The molecule has 0 aliphatic heterocycles. The summed E-state index contributed by atoms with van der Waals surface area (Å²) in [5, 5.41) is 10.4. The molecular formula is C28H22ClN3O2. The molecule has 0 atom stereocenters. The van der Waals surface area contributed by atoms with Crippen molar-refractivity contribution in [3.8, 4) is 5.75 Å². The topological polar surface area (TPSA) is 56.2 Å². The number of hydrogen-bond acceptors (Lipinski definition) is 3. The van der Waals surface area contributed by atoms with E-state index in [-0.39, 0.29) is 5.91 Å². The van der Waals surface area contributed by atoms with Crippen LogP contribution in [0, 0.1) is 0 Å². The Hall–Kier alpha value is -4.09. The number of hydrogen-bond donors (Lipinski definition) is 1. The van der Waals surface area contributed by atoms with Gasteiger partial charge >= 0.3 is 0 Å². The fraction of sp³-hybridized carbons (Fsp3) is 0.0714. The number of rotatable bonds is 7. The van der Waals surface area contributed by atoms with Crippen molar-refractivity contribution in [2.24, 2.45) is 0 Å². The Morgan fingerprint density at radius 2 is 1.74 bits per heavy atom. The molecule has 0 aliphatic carbocycles. The van der Waals surface area contributed by atoms with Gasteiger partial charge in [-0.15, -0.1) is 0 Å². The van der Waals surface area contributed by atoms with Crippen LogP contribution in [0.2, 0.25) is 5.02 Å². The van der Waals surface area contributed by atoms with E-state index in [9.17, 15) is 4.79 Å². The van der Waals surface area contributed by atoms with E-state index < -0.39 is 0 Å². The molecule has 0 spiro atoms. The van der Waals surface area contributed by atoms with Crippen molar-refractivity contribution in [3.63, 3.8) is 0 Å². The molecule has 6 heteroatoms. The number of carbonyl (C=O) groups excluding carboxylic acids is 1. The van der Waals surface area contributed by atoms with Crippen LogP contribution in [0.15, 0.2) is 103 Å². The molecule has 0 fully saturated rings. The van der Waals surface area contributed by atoms with Gasteiger partial charge in [-0.3, -0.25) is 9.48 Å². The summed E-state index contributed by atoms with van der Waals surface area (Å²) in [4.78, 5) is 12.8. The Morgan fingerprint density at radius 3 is 2.65 bits per heavy atom. The molecule has 5 nitrogen and oxygen atoms in total. The van der Waals surface area contributed by atoms with Gasteiger partial charge in [-0.05, 0) is 52.2 Å². The number of anilines is 1. The monoisotopic (exact) mass is 467 g/mol. The van der Waals surface area contributed by atoms with Crippen LogP contribution < -0.4 is 10.1 Å². The predicted octanol–water partition coefficient (Wildman–Crippen LogP) is 6.57. The van der Waals surface area contributed by atoms with Crippen LogP contribution in [0.3, 0.4) is 0 Å². The average Bonchev–Trinajstić information content (AvgIpc) is 3.30. The van der Waals surface area contributed by atoms with Gasteiger partial charge in [-0.25, -0.2) is 0 Å². The number of nitrogens with zero attached hydrogens (tertiary/aromatic N) is 2. The second-order valence-corrected chi connectivity index (χ2v) is 8.37. The predicted molar refractivity (Wildman–Crippen MR) is 135 cm³/mol. The van der Waals surface area contributed by atoms with Gasteiger partial charge in [0.2, 0.25) is 0 Å². The van der Waals surface area contributed by atoms with E-state index >= 15 is 0 Å². The van der Waals surface area contributed by atoms with Crippen molar-refractivity contribution >= 4 is 34.1 Å². The molecule has 0 saturated carbocycles. The number of benzene rings is 4. The van der Waals surface area contributed by atoms with Crippen LogP contribution in [-0.2, 0) is 13.2 Å². The number of amides is 1. The summed E-state index contributed by atoms with van der Waals surface area (Å²) in [5.41, 5.74) is 2.59. The molecule has 1 aromatic heterocycles. The summed E-state index contributed by atoms with van der Waals surface area (Å²) in [6.45, 7) is 0.953. The minimum Gasteiger partial charge on any atom is -0.489 e. The summed E-state index contributed by atoms with van der Waals surface area (Å²) in [7, 11) is 0. The van der Waals surface area contributed by atoms with Gasteiger partial charge in [-0.1, -0.05) is 72.3 Å². The highest BCUT2D eigenvalue weighted by molar-refractivity contribution is 6.30. The molecule has 4 aromatic carbocycles. The lowest BCUT2D eigenvalue weighted by molar-refractivity contribution is 0.102. The molecule has 34 heavy (non-hydrogen) atoms. The lowest BCUT2D eigenvalue weighted by atomic mass is 10.0. The van der Waals surface area contributed by atoms with Crippen LogP contribution in [0.5, 0.6) is 5.75 Å². The molecule has 1 amide bonds. The largest absolute Gasteiger partial charge is 0.489 e. The van der Waals surface area contributed by atoms with E-state index in [4.69, 9.17) is 16.3 Å². The maximum absolute atomic E-state index is 12.8. The third-order valence-corrected chi connectivity index (χ3v) is 5.72. The molecule has 5 aromatic rings. The number of aromatic nitrogens is 2. The van der Waals surface area contributed by atoms with Gasteiger partial charge in [0.15, 0.2) is 5.82 Å². The highest BCUT2D eigenvalue weighted by atomic mass is 35.5. The zero-order valence-corrected chi connectivity index (χ0v) is 19.1. The van der Waals surface area contributed by atoms with Crippen molar-refractivity contribution in [1.82, 2.24) is 9.78 Å². The minimum absolute atomic E-state index is 0.222. The Morgan fingerprint density at radius 1 is 0.912 bits per heavy atom. The average molecular weight is 468 g/mol. The van der Waals surface area contributed by atoms with E-state index in [1.54, 1.807) is 24.3 Å². The first-order valence-corrected chi connectivity index (χ1v) is 11.3. The lowest BCUT2D eigenvalue weighted by Crippen LogP contribution is -2.13. The van der Waals surface area contributed by atoms with E-state index in [0.29, 0.717) is 35.3 Å². The molecule has 0 saturated heterocycles. The number of ether oxygens (including phenoxy) is 1. The third kappa shape index (κ3) is 5.11. The fourth-order valence-corrected chi connectivity index (χ4v) is 4.02. The molecule has 0 aliphatic rings. The Labute approximate surface area is 202 Å². The van der Waals surface area contributed by atoms with Gasteiger partial charge in [0.1, 0.15) is 12.4 Å². The van der Waals surface area contributed by atoms with Gasteiger partial charge in [0, 0.05) is 22.8 Å². The Kier molecular flexibility index (Phi) is 6.27. The molecule has 1 N–H and O–H groups in total. The number of nitrogens with one attached hydrogen (secondary N) is 1. The molecule has 0 radical (unpaired) electrons. The summed E-state index contributed by atoms with van der Waals surface area (Å²) in [6.07, 6.45) is 1.87. The maximum atomic E-state index is 12.8. The second kappa shape index (κ2) is 9.81. The smallest absolute Gasteiger partial charge is 0.256 e. The SMILES string of the molecule is O=C(Nc1ccn(Cc2cccc3ccccc23)n1)c1cccc(COc2cccc(Cl)c2)c1. The first kappa shape index (κ1) is 21.7. The van der Waals surface area contributed by atoms with Gasteiger partial charge in [0.05, 0.1) is 6.54 Å². The van der Waals surface area contributed by atoms with Gasteiger partial charge in [-0.2, -0.15) is 5.10 Å². The van der Waals surface area contributed by atoms with Gasteiger partial charge < -0.3 is 10.1 Å². The van der Waals surface area contributed by atoms with Crippen molar-refractivity contribution in [1.29, 1.82) is 0 Å². The Bertz CT molecular complexity index is 1460. The zero-order valence-electron chi connectivity index (χ0n) is 18.3. The third-order valence-electron chi connectivity index (χ3n) is 5.49. The highest BCUT2D eigenvalue weighted by Gasteiger charge is 2.10. The van der Waals surface area contributed by atoms with E-state index in [1.165, 1.54) is 16.3 Å². The first-order chi connectivity index (χ1) is 16.6. The maximum Gasteiger partial charge on any atom is 0.256 e. The first-order valence-electron chi connectivity index (χ1n) is 10.9. The number of fused-ring (bicyclic) bond motifs is 1. The number of halogens is 1. The molecule has 0 unspecified atom stereocenters. The summed E-state index contributed by atoms with van der Waals surface area (Å²) in [5.74, 6) is 0.963. The van der Waals surface area contributed by atoms with Crippen LogP contribution in [-0.4, -0.2) is 15.7 Å². The second-order valence-electron chi connectivity index (χ2n) is 7.94.